The lowest BCUT2D eigenvalue weighted by atomic mass is 10.1. The predicted molar refractivity (Wildman–Crippen MR) is 63.9 cm³/mol. The molecule has 3 N–H and O–H groups in total. The van der Waals surface area contributed by atoms with Crippen molar-refractivity contribution in [3.63, 3.8) is 0 Å². The molecule has 86 valence electrons. The molecule has 0 aromatic carbocycles. The van der Waals surface area contributed by atoms with Crippen LogP contribution in [0.1, 0.15) is 16.1 Å². The van der Waals surface area contributed by atoms with E-state index >= 15 is 0 Å². The topological polar surface area (TPSA) is 80.9 Å². The van der Waals surface area contributed by atoms with E-state index in [0.29, 0.717) is 11.3 Å². The van der Waals surface area contributed by atoms with Crippen LogP contribution in [-0.2, 0) is 0 Å². The number of nitrogens with one attached hydrogen (secondary N) is 1. The summed E-state index contributed by atoms with van der Waals surface area (Å²) in [5, 5.41) is 0. The number of rotatable bonds is 2. The van der Waals surface area contributed by atoms with Crippen LogP contribution in [0.5, 0.6) is 0 Å². The second-order valence-electron chi connectivity index (χ2n) is 3.54. The minimum atomic E-state index is -0.340. The molecule has 0 saturated carbocycles. The zero-order valence-electron chi connectivity index (χ0n) is 9.34. The summed E-state index contributed by atoms with van der Waals surface area (Å²) in [6, 6.07) is 7.23. The Bertz CT molecular complexity index is 539. The van der Waals surface area contributed by atoms with Gasteiger partial charge in [0.05, 0.1) is 17.0 Å². The summed E-state index contributed by atoms with van der Waals surface area (Å²) < 4.78 is 0. The van der Waals surface area contributed by atoms with Gasteiger partial charge in [-0.05, 0) is 31.2 Å². The van der Waals surface area contributed by atoms with Gasteiger partial charge in [-0.25, -0.2) is 5.84 Å². The minimum absolute atomic E-state index is 0.340. The molecule has 2 aromatic heterocycles. The first-order valence-corrected chi connectivity index (χ1v) is 5.11. The summed E-state index contributed by atoms with van der Waals surface area (Å²) in [5.41, 5.74) is 4.89. The van der Waals surface area contributed by atoms with Crippen molar-refractivity contribution in [2.45, 2.75) is 6.92 Å². The van der Waals surface area contributed by atoms with E-state index in [1.807, 2.05) is 12.1 Å². The molecule has 1 amide bonds. The van der Waals surface area contributed by atoms with Crippen LogP contribution >= 0.6 is 0 Å². The van der Waals surface area contributed by atoms with Crippen molar-refractivity contribution >= 4 is 5.91 Å². The number of pyridine rings is 2. The minimum Gasteiger partial charge on any atom is -0.290 e. The Morgan fingerprint density at radius 2 is 2.18 bits per heavy atom. The summed E-state index contributed by atoms with van der Waals surface area (Å²) in [7, 11) is 0. The van der Waals surface area contributed by atoms with Gasteiger partial charge in [-0.15, -0.1) is 0 Å². The molecular weight excluding hydrogens is 216 g/mol. The average molecular weight is 228 g/mol. The van der Waals surface area contributed by atoms with Crippen molar-refractivity contribution in [1.29, 1.82) is 0 Å². The summed E-state index contributed by atoms with van der Waals surface area (Å²) in [4.78, 5) is 19.8. The Kier molecular flexibility index (Phi) is 3.11. The van der Waals surface area contributed by atoms with E-state index in [1.54, 1.807) is 31.5 Å². The molecule has 0 aliphatic heterocycles. The van der Waals surface area contributed by atoms with E-state index in [9.17, 15) is 4.79 Å². The molecule has 5 nitrogen and oxygen atoms in total. The number of carbonyl (C=O) groups excluding carboxylic acids is 1. The number of nitrogen functional groups attached to an aromatic ring is 1. The third kappa shape index (κ3) is 2.29. The van der Waals surface area contributed by atoms with Gasteiger partial charge in [0, 0.05) is 18.0 Å². The summed E-state index contributed by atoms with van der Waals surface area (Å²) in [6.45, 7) is 1.77. The van der Waals surface area contributed by atoms with Crippen LogP contribution in [0.15, 0.2) is 36.7 Å². The molecule has 2 aromatic rings. The molecule has 0 radical (unpaired) electrons. The van der Waals surface area contributed by atoms with Gasteiger partial charge in [-0.2, -0.15) is 0 Å². The van der Waals surface area contributed by atoms with E-state index in [1.165, 1.54) is 0 Å². The number of nitrogens with two attached hydrogens (primary N) is 1. The average Bonchev–Trinajstić information content (AvgIpc) is 2.39. The quantitative estimate of drug-likeness (QED) is 0.457. The van der Waals surface area contributed by atoms with Crippen LogP contribution in [0.4, 0.5) is 0 Å². The van der Waals surface area contributed by atoms with Gasteiger partial charge in [-0.3, -0.25) is 20.2 Å². The highest BCUT2D eigenvalue weighted by molar-refractivity contribution is 5.95. The van der Waals surface area contributed by atoms with Crippen LogP contribution in [0.3, 0.4) is 0 Å². The number of nitrogens with zero attached hydrogens (tertiary/aromatic N) is 2. The molecule has 17 heavy (non-hydrogen) atoms. The predicted octanol–water partition coefficient (Wildman–Crippen LogP) is 1.06. The van der Waals surface area contributed by atoms with Crippen molar-refractivity contribution in [3.8, 4) is 11.3 Å². The van der Waals surface area contributed by atoms with Crippen LogP contribution in [0.25, 0.3) is 11.3 Å². The maximum Gasteiger partial charge on any atom is 0.267 e. The Labute approximate surface area is 98.7 Å². The molecule has 2 rings (SSSR count). The normalized spacial score (nSPS) is 10.0. The fourth-order valence-electron chi connectivity index (χ4n) is 1.55. The third-order valence-electron chi connectivity index (χ3n) is 2.42. The number of carbonyl (C=O) groups is 1. The molecule has 0 bridgehead atoms. The number of hydrazine groups is 1. The Morgan fingerprint density at radius 3 is 2.76 bits per heavy atom. The molecule has 0 aliphatic carbocycles. The molecule has 0 spiro atoms. The summed E-state index contributed by atoms with van der Waals surface area (Å²) in [5.74, 6) is 4.74. The van der Waals surface area contributed by atoms with Gasteiger partial charge in [0.25, 0.3) is 5.91 Å². The molecule has 0 unspecified atom stereocenters. The van der Waals surface area contributed by atoms with E-state index in [0.717, 1.165) is 11.3 Å². The van der Waals surface area contributed by atoms with Crippen molar-refractivity contribution in [1.82, 2.24) is 15.4 Å². The summed E-state index contributed by atoms with van der Waals surface area (Å²) in [6.07, 6.45) is 3.43. The lowest BCUT2D eigenvalue weighted by Crippen LogP contribution is -2.30. The molecule has 2 heterocycles. The molecule has 0 atom stereocenters. The molecule has 0 fully saturated rings. The van der Waals surface area contributed by atoms with Crippen LogP contribution in [0, 0.1) is 6.92 Å². The maximum absolute atomic E-state index is 11.4. The number of hydrogen-bond donors (Lipinski definition) is 2. The van der Waals surface area contributed by atoms with Gasteiger partial charge in [0.2, 0.25) is 0 Å². The van der Waals surface area contributed by atoms with E-state index in [2.05, 4.69) is 15.4 Å². The molecule has 0 saturated heterocycles. The lowest BCUT2D eigenvalue weighted by molar-refractivity contribution is 0.0952. The SMILES string of the molecule is Cc1nc(-c2cccnc2)ccc1C(=O)NN. The largest absolute Gasteiger partial charge is 0.290 e. The first-order chi connectivity index (χ1) is 8.22. The van der Waals surface area contributed by atoms with Gasteiger partial charge < -0.3 is 0 Å². The Hall–Kier alpha value is -2.27. The lowest BCUT2D eigenvalue weighted by Gasteiger charge is -2.06. The monoisotopic (exact) mass is 228 g/mol. The number of aromatic nitrogens is 2. The number of hydrogen-bond acceptors (Lipinski definition) is 4. The number of amides is 1. The first kappa shape index (κ1) is 11.2. The zero-order chi connectivity index (χ0) is 12.3. The standard InChI is InChI=1S/C12H12N4O/c1-8-10(12(17)16-13)4-5-11(15-8)9-3-2-6-14-7-9/h2-7H,13H2,1H3,(H,16,17). The maximum atomic E-state index is 11.4. The van der Waals surface area contributed by atoms with E-state index < -0.39 is 0 Å². The van der Waals surface area contributed by atoms with Gasteiger partial charge in [0.15, 0.2) is 0 Å². The van der Waals surface area contributed by atoms with Crippen LogP contribution < -0.4 is 11.3 Å². The second-order valence-corrected chi connectivity index (χ2v) is 3.54. The smallest absolute Gasteiger partial charge is 0.267 e. The molecular formula is C12H12N4O. The Balaban J connectivity index is 2.41. The third-order valence-corrected chi connectivity index (χ3v) is 2.42. The van der Waals surface area contributed by atoms with Crippen molar-refractivity contribution in [2.24, 2.45) is 5.84 Å². The van der Waals surface area contributed by atoms with Crippen LogP contribution in [0.2, 0.25) is 0 Å². The van der Waals surface area contributed by atoms with E-state index in [4.69, 9.17) is 5.84 Å². The Morgan fingerprint density at radius 1 is 1.35 bits per heavy atom. The van der Waals surface area contributed by atoms with Crippen molar-refractivity contribution in [2.75, 3.05) is 0 Å². The van der Waals surface area contributed by atoms with Gasteiger partial charge >= 0.3 is 0 Å². The fourth-order valence-corrected chi connectivity index (χ4v) is 1.55. The van der Waals surface area contributed by atoms with Crippen molar-refractivity contribution in [3.05, 3.63) is 47.9 Å². The van der Waals surface area contributed by atoms with Gasteiger partial charge in [0.1, 0.15) is 0 Å². The molecule has 0 aliphatic rings. The zero-order valence-corrected chi connectivity index (χ0v) is 9.34. The molecule has 5 heteroatoms. The number of aryl methyl sites for hydroxylation is 1. The highest BCUT2D eigenvalue weighted by atomic mass is 16.2. The summed E-state index contributed by atoms with van der Waals surface area (Å²) >= 11 is 0. The van der Waals surface area contributed by atoms with Crippen molar-refractivity contribution < 1.29 is 4.79 Å². The first-order valence-electron chi connectivity index (χ1n) is 5.11. The second kappa shape index (κ2) is 4.71. The van der Waals surface area contributed by atoms with Gasteiger partial charge in [-0.1, -0.05) is 0 Å². The fraction of sp³-hybridized carbons (Fsp3) is 0.0833. The highest BCUT2D eigenvalue weighted by Gasteiger charge is 2.09. The highest BCUT2D eigenvalue weighted by Crippen LogP contribution is 2.17. The van der Waals surface area contributed by atoms with E-state index in [-0.39, 0.29) is 5.91 Å². The van der Waals surface area contributed by atoms with Crippen LogP contribution in [-0.4, -0.2) is 15.9 Å².